The average molecular weight is 560 g/mol. The first kappa shape index (κ1) is 25.8. The molecule has 0 saturated carbocycles. The highest BCUT2D eigenvalue weighted by molar-refractivity contribution is 5.86. The predicted octanol–water partition coefficient (Wildman–Crippen LogP) is 10.8. The molecule has 1 atom stereocenters. The fourth-order valence-corrected chi connectivity index (χ4v) is 6.88. The Balaban J connectivity index is 1.28. The van der Waals surface area contributed by atoms with Crippen molar-refractivity contribution in [2.75, 3.05) is 4.90 Å². The van der Waals surface area contributed by atoms with Crippen LogP contribution >= 0.6 is 0 Å². The van der Waals surface area contributed by atoms with E-state index in [0.717, 1.165) is 22.6 Å². The van der Waals surface area contributed by atoms with Gasteiger partial charge in [-0.25, -0.2) is 0 Å². The molecule has 7 aromatic rings. The zero-order valence-corrected chi connectivity index (χ0v) is 24.2. The highest BCUT2D eigenvalue weighted by Gasteiger charge is 2.46. The molecule has 0 N–H and O–H groups in total. The molecule has 1 unspecified atom stereocenters. The molecule has 0 saturated heterocycles. The van der Waals surface area contributed by atoms with E-state index in [1.54, 1.807) is 0 Å². The molecule has 7 aromatic carbocycles. The summed E-state index contributed by atoms with van der Waals surface area (Å²) in [7, 11) is 0. The maximum absolute atomic E-state index is 3.46. The van der Waals surface area contributed by atoms with Crippen LogP contribution in [0.3, 0.4) is 0 Å². The third kappa shape index (κ3) is 4.12. The molecular weight excluding hydrogens is 530 g/mol. The summed E-state index contributed by atoms with van der Waals surface area (Å²) in [6.45, 7) is 0. The maximum Gasteiger partial charge on any atom is 0.0720 e. The van der Waals surface area contributed by atoms with E-state index in [1.807, 2.05) is 6.07 Å². The summed E-state index contributed by atoms with van der Waals surface area (Å²) in [5.74, 6) is 0. The standard InChI is InChI=1S/C43H29N/c1-4-14-32(15-5-1)33-24-28-37(29-25-33)44(36-18-8-3-9-19-36)38-30-26-35(27-31-38)43(34-16-6-2-7-17-34)41-22-12-10-20-39(41)40-21-11-13-23-42(40)43/h1-10,12-20,22-31H. The van der Waals surface area contributed by atoms with E-state index < -0.39 is 5.41 Å². The molecule has 44 heavy (non-hydrogen) atoms. The van der Waals surface area contributed by atoms with Crippen molar-refractivity contribution in [3.63, 3.8) is 0 Å². The summed E-state index contributed by atoms with van der Waals surface area (Å²) in [4.78, 5) is 2.33. The molecular formula is C43H29N. The van der Waals surface area contributed by atoms with Crippen molar-refractivity contribution in [1.82, 2.24) is 0 Å². The minimum Gasteiger partial charge on any atom is -0.311 e. The van der Waals surface area contributed by atoms with Crippen LogP contribution in [-0.4, -0.2) is 0 Å². The zero-order chi connectivity index (χ0) is 29.3. The summed E-state index contributed by atoms with van der Waals surface area (Å²) in [5, 5.41) is 0. The van der Waals surface area contributed by atoms with Crippen molar-refractivity contribution >= 4 is 17.1 Å². The van der Waals surface area contributed by atoms with Crippen LogP contribution in [-0.2, 0) is 5.41 Å². The molecule has 0 bridgehead atoms. The predicted molar refractivity (Wildman–Crippen MR) is 182 cm³/mol. The van der Waals surface area contributed by atoms with Gasteiger partial charge < -0.3 is 4.90 Å². The van der Waals surface area contributed by atoms with E-state index in [2.05, 4.69) is 187 Å². The number of nitrogens with zero attached hydrogens (tertiary/aromatic N) is 1. The molecule has 206 valence electrons. The van der Waals surface area contributed by atoms with Crippen LogP contribution in [0.4, 0.5) is 17.1 Å². The molecule has 1 heteroatoms. The van der Waals surface area contributed by atoms with Crippen LogP contribution in [0.1, 0.15) is 22.3 Å². The fourth-order valence-electron chi connectivity index (χ4n) is 6.88. The van der Waals surface area contributed by atoms with Gasteiger partial charge in [-0.15, -0.1) is 0 Å². The third-order valence-electron chi connectivity index (χ3n) is 8.82. The van der Waals surface area contributed by atoms with Crippen molar-refractivity contribution < 1.29 is 0 Å². The van der Waals surface area contributed by atoms with E-state index in [9.17, 15) is 0 Å². The lowest BCUT2D eigenvalue weighted by molar-refractivity contribution is 0.768. The van der Waals surface area contributed by atoms with E-state index >= 15 is 0 Å². The van der Waals surface area contributed by atoms with Crippen molar-refractivity contribution in [2.24, 2.45) is 0 Å². The SMILES string of the molecule is c1ccc2c(c#1)-c1ccccc1C2(c1ccccc1)c1ccc(N(c2ccccc2)c2ccc(-c3ccccc3)cc2)cc1. The Morgan fingerprint density at radius 3 is 1.64 bits per heavy atom. The Kier molecular flexibility index (Phi) is 6.33. The number of para-hydroxylation sites is 1. The second kappa shape index (κ2) is 10.8. The van der Waals surface area contributed by atoms with Crippen LogP contribution in [0.15, 0.2) is 176 Å². The van der Waals surface area contributed by atoms with Gasteiger partial charge in [0.15, 0.2) is 0 Å². The summed E-state index contributed by atoms with van der Waals surface area (Å²) in [5.41, 5.74) is 12.6. The van der Waals surface area contributed by atoms with E-state index in [4.69, 9.17) is 0 Å². The molecule has 0 radical (unpaired) electrons. The molecule has 1 aliphatic rings. The lowest BCUT2D eigenvalue weighted by Crippen LogP contribution is -2.28. The van der Waals surface area contributed by atoms with Gasteiger partial charge in [-0.1, -0.05) is 140 Å². The van der Waals surface area contributed by atoms with Crippen LogP contribution < -0.4 is 4.90 Å². The minimum atomic E-state index is -0.452. The quantitative estimate of drug-likeness (QED) is 0.196. The topological polar surface area (TPSA) is 3.24 Å². The summed E-state index contributed by atoms with van der Waals surface area (Å²) < 4.78 is 0. The number of hydrogen-bond acceptors (Lipinski definition) is 1. The summed E-state index contributed by atoms with van der Waals surface area (Å²) >= 11 is 0. The van der Waals surface area contributed by atoms with Crippen LogP contribution in [0, 0.1) is 12.1 Å². The molecule has 0 aromatic heterocycles. The molecule has 1 nitrogen and oxygen atoms in total. The highest BCUT2D eigenvalue weighted by Crippen LogP contribution is 2.55. The van der Waals surface area contributed by atoms with Gasteiger partial charge in [-0.2, -0.15) is 0 Å². The Bertz CT molecular complexity index is 1980. The van der Waals surface area contributed by atoms with Gasteiger partial charge in [-0.05, 0) is 87.5 Å². The van der Waals surface area contributed by atoms with Crippen LogP contribution in [0.2, 0.25) is 0 Å². The lowest BCUT2D eigenvalue weighted by Gasteiger charge is -2.34. The minimum absolute atomic E-state index is 0.452. The van der Waals surface area contributed by atoms with E-state index in [0.29, 0.717) is 0 Å². The lowest BCUT2D eigenvalue weighted by atomic mass is 9.68. The largest absolute Gasteiger partial charge is 0.311 e. The van der Waals surface area contributed by atoms with Gasteiger partial charge in [0.1, 0.15) is 0 Å². The van der Waals surface area contributed by atoms with Gasteiger partial charge >= 0.3 is 0 Å². The van der Waals surface area contributed by atoms with Crippen molar-refractivity contribution in [3.8, 4) is 22.3 Å². The van der Waals surface area contributed by atoms with Gasteiger partial charge in [0, 0.05) is 22.6 Å². The molecule has 0 amide bonds. The van der Waals surface area contributed by atoms with Gasteiger partial charge in [0.2, 0.25) is 0 Å². The highest BCUT2D eigenvalue weighted by atomic mass is 15.1. The van der Waals surface area contributed by atoms with Gasteiger partial charge in [-0.3, -0.25) is 0 Å². The van der Waals surface area contributed by atoms with Crippen molar-refractivity contribution in [1.29, 1.82) is 0 Å². The van der Waals surface area contributed by atoms with E-state index in [-0.39, 0.29) is 0 Å². The van der Waals surface area contributed by atoms with Crippen LogP contribution in [0.5, 0.6) is 0 Å². The normalized spacial score (nSPS) is 12.5. The first-order valence-corrected chi connectivity index (χ1v) is 15.0. The first-order valence-electron chi connectivity index (χ1n) is 15.0. The molecule has 0 heterocycles. The second-order valence-corrected chi connectivity index (χ2v) is 11.2. The number of rotatable bonds is 6. The van der Waals surface area contributed by atoms with Crippen LogP contribution in [0.25, 0.3) is 22.3 Å². The Labute approximate surface area is 259 Å². The summed E-state index contributed by atoms with van der Waals surface area (Å²) in [6, 6.07) is 69.6. The Morgan fingerprint density at radius 2 is 0.932 bits per heavy atom. The first-order chi connectivity index (χ1) is 21.8. The Hall–Kier alpha value is -5.84. The van der Waals surface area contributed by atoms with Gasteiger partial charge in [0.05, 0.1) is 5.41 Å². The van der Waals surface area contributed by atoms with E-state index in [1.165, 1.54) is 38.9 Å². The molecule has 0 fully saturated rings. The maximum atomic E-state index is 3.46. The molecule has 0 spiro atoms. The third-order valence-corrected chi connectivity index (χ3v) is 8.82. The number of fused-ring (bicyclic) bond motifs is 3. The smallest absolute Gasteiger partial charge is 0.0720 e. The average Bonchev–Trinajstić information content (AvgIpc) is 3.41. The molecule has 8 rings (SSSR count). The van der Waals surface area contributed by atoms with Crippen molar-refractivity contribution in [3.05, 3.63) is 210 Å². The zero-order valence-electron chi connectivity index (χ0n) is 24.2. The second-order valence-electron chi connectivity index (χ2n) is 11.2. The fraction of sp³-hybridized carbons (Fsp3) is 0.0233. The Morgan fingerprint density at radius 1 is 0.409 bits per heavy atom. The number of hydrogen-bond donors (Lipinski definition) is 0. The number of benzene rings is 6. The molecule has 0 aliphatic heterocycles. The number of anilines is 3. The van der Waals surface area contributed by atoms with Gasteiger partial charge in [0.25, 0.3) is 0 Å². The van der Waals surface area contributed by atoms with Crippen molar-refractivity contribution in [2.45, 2.75) is 5.41 Å². The molecule has 1 aliphatic carbocycles. The monoisotopic (exact) mass is 559 g/mol. The summed E-state index contributed by atoms with van der Waals surface area (Å²) in [6.07, 6.45) is 0.